The maximum absolute atomic E-state index is 13.1. The summed E-state index contributed by atoms with van der Waals surface area (Å²) in [7, 11) is 5.92. The number of benzene rings is 3. The summed E-state index contributed by atoms with van der Waals surface area (Å²) >= 11 is 11.2. The molecule has 0 spiro atoms. The average molecular weight is 1100 g/mol. The highest BCUT2D eigenvalue weighted by atomic mass is 35.5. The van der Waals surface area contributed by atoms with E-state index in [0.717, 1.165) is 0 Å². The third kappa shape index (κ3) is 19.9. The van der Waals surface area contributed by atoms with E-state index < -0.39 is 5.97 Å². The molecule has 3 aromatic carbocycles. The lowest BCUT2D eigenvalue weighted by Gasteiger charge is -2.17. The second-order valence-corrected chi connectivity index (χ2v) is 15.4. The number of methoxy groups -OCH3 is 1. The number of nitrogens with zero attached hydrogens (tertiary/aromatic N) is 4. The van der Waals surface area contributed by atoms with Gasteiger partial charge in [-0.15, -0.1) is 12.4 Å². The van der Waals surface area contributed by atoms with Crippen molar-refractivity contribution in [2.75, 3.05) is 59.1 Å². The predicted octanol–water partition coefficient (Wildman–Crippen LogP) is 9.54. The molecular formula is C53H56Cl3N9O11. The third-order valence-corrected chi connectivity index (χ3v) is 9.74. The molecule has 400 valence electrons. The Morgan fingerprint density at radius 1 is 0.513 bits per heavy atom. The van der Waals surface area contributed by atoms with Gasteiger partial charge in [-0.25, -0.2) is 9.78 Å². The number of anilines is 2. The molecule has 7 aromatic rings. The van der Waals surface area contributed by atoms with Crippen LogP contribution in [0.3, 0.4) is 0 Å². The number of halogens is 3. The lowest BCUT2D eigenvalue weighted by atomic mass is 10.1. The van der Waals surface area contributed by atoms with Gasteiger partial charge in [0, 0.05) is 97.2 Å². The highest BCUT2D eigenvalue weighted by Crippen LogP contribution is 2.39. The van der Waals surface area contributed by atoms with Crippen molar-refractivity contribution in [2.45, 2.75) is 20.8 Å². The number of nitrogens with one attached hydrogen (secondary N) is 4. The Morgan fingerprint density at radius 2 is 0.934 bits per heavy atom. The van der Waals surface area contributed by atoms with Gasteiger partial charge in [-0.2, -0.15) is 0 Å². The van der Waals surface area contributed by atoms with Crippen molar-refractivity contribution in [3.63, 3.8) is 0 Å². The molecule has 0 saturated heterocycles. The van der Waals surface area contributed by atoms with Gasteiger partial charge < -0.3 is 55.4 Å². The van der Waals surface area contributed by atoms with Gasteiger partial charge in [0.2, 0.25) is 5.75 Å². The number of rotatable bonds is 16. The first kappa shape index (κ1) is 61.6. The van der Waals surface area contributed by atoms with Crippen LogP contribution in [0.25, 0.3) is 0 Å². The van der Waals surface area contributed by atoms with E-state index in [1.165, 1.54) is 57.1 Å². The van der Waals surface area contributed by atoms with E-state index in [4.69, 9.17) is 52.6 Å². The Kier molecular flexibility index (Phi) is 26.3. The smallest absolute Gasteiger partial charge is 0.356 e. The van der Waals surface area contributed by atoms with Crippen molar-refractivity contribution >= 4 is 76.6 Å². The first-order valence-corrected chi connectivity index (χ1v) is 23.5. The molecule has 0 aliphatic rings. The Morgan fingerprint density at radius 3 is 1.38 bits per heavy atom. The molecule has 4 heterocycles. The monoisotopic (exact) mass is 1100 g/mol. The Hall–Kier alpha value is -8.72. The van der Waals surface area contributed by atoms with Crippen molar-refractivity contribution in [3.05, 3.63) is 172 Å². The van der Waals surface area contributed by atoms with Gasteiger partial charge in [0.05, 0.1) is 26.9 Å². The van der Waals surface area contributed by atoms with E-state index in [0.29, 0.717) is 98.4 Å². The molecule has 4 aromatic heterocycles. The molecule has 7 rings (SSSR count). The number of amides is 4. The number of hydrogen-bond donors (Lipinski definition) is 5. The average Bonchev–Trinajstić information content (AvgIpc) is 3.41. The highest BCUT2D eigenvalue weighted by Gasteiger charge is 2.19. The summed E-state index contributed by atoms with van der Waals surface area (Å²) in [4.78, 5) is 73.6. The number of carbonyl (C=O) groups is 5. The number of aromatic nitrogens is 4. The summed E-state index contributed by atoms with van der Waals surface area (Å²) in [6.45, 7) is 6.83. The van der Waals surface area contributed by atoms with Gasteiger partial charge in [0.1, 0.15) is 45.8 Å². The van der Waals surface area contributed by atoms with Crippen LogP contribution in [-0.4, -0.2) is 97.6 Å². The Bertz CT molecular complexity index is 2960. The van der Waals surface area contributed by atoms with Gasteiger partial charge in [0.15, 0.2) is 11.5 Å². The summed E-state index contributed by atoms with van der Waals surface area (Å²) in [5.41, 5.74) is 8.25. The largest absolute Gasteiger partial charge is 0.490 e. The van der Waals surface area contributed by atoms with Crippen LogP contribution in [0.1, 0.15) is 73.1 Å². The fourth-order valence-electron chi connectivity index (χ4n) is 5.94. The molecule has 20 nitrogen and oxygen atoms in total. The van der Waals surface area contributed by atoms with Gasteiger partial charge >= 0.3 is 5.97 Å². The van der Waals surface area contributed by atoms with Crippen LogP contribution in [0.2, 0.25) is 10.0 Å². The number of pyridine rings is 4. The number of nitrogens with two attached hydrogens (primary N) is 1. The fraction of sp³-hybridized carbons (Fsp3) is 0.189. The first-order chi connectivity index (χ1) is 36.1. The minimum absolute atomic E-state index is 0. The molecule has 76 heavy (non-hydrogen) atoms. The van der Waals surface area contributed by atoms with Crippen LogP contribution in [-0.2, 0) is 4.74 Å². The number of nitrogen functional groups attached to an aromatic ring is 1. The molecule has 0 aliphatic heterocycles. The summed E-state index contributed by atoms with van der Waals surface area (Å²) < 4.78 is 33.0. The zero-order valence-electron chi connectivity index (χ0n) is 42.3. The van der Waals surface area contributed by atoms with Crippen molar-refractivity contribution in [3.8, 4) is 40.2 Å². The minimum atomic E-state index is -0.479. The van der Waals surface area contributed by atoms with Crippen LogP contribution >= 0.6 is 35.6 Å². The van der Waals surface area contributed by atoms with Crippen molar-refractivity contribution in [2.24, 2.45) is 0 Å². The molecule has 0 atom stereocenters. The number of ether oxygens (including phenoxy) is 6. The molecule has 4 amide bonds. The molecule has 6 N–H and O–H groups in total. The van der Waals surface area contributed by atoms with E-state index in [9.17, 15) is 24.0 Å². The van der Waals surface area contributed by atoms with Crippen molar-refractivity contribution in [1.82, 2.24) is 35.9 Å². The molecule has 0 aliphatic carbocycles. The molecule has 23 heteroatoms. The summed E-state index contributed by atoms with van der Waals surface area (Å²) in [5, 5.41) is 11.3. The molecule has 0 bridgehead atoms. The number of esters is 1. The Labute approximate surface area is 455 Å². The van der Waals surface area contributed by atoms with E-state index in [-0.39, 0.29) is 47.4 Å². The van der Waals surface area contributed by atoms with E-state index in [1.54, 1.807) is 105 Å². The number of hydrogen-bond acceptors (Lipinski definition) is 16. The van der Waals surface area contributed by atoms with Crippen molar-refractivity contribution in [1.29, 1.82) is 0 Å². The van der Waals surface area contributed by atoms with Crippen molar-refractivity contribution < 1.29 is 52.4 Å². The minimum Gasteiger partial charge on any atom is -0.490 e. The summed E-state index contributed by atoms with van der Waals surface area (Å²) in [6.07, 6.45) is 5.96. The van der Waals surface area contributed by atoms with Gasteiger partial charge in [0.25, 0.3) is 23.6 Å². The predicted molar refractivity (Wildman–Crippen MR) is 291 cm³/mol. The van der Waals surface area contributed by atoms with Gasteiger partial charge in [-0.05, 0) is 93.6 Å². The maximum atomic E-state index is 13.1. The van der Waals surface area contributed by atoms with Crippen LogP contribution in [0.5, 0.6) is 40.2 Å². The lowest BCUT2D eigenvalue weighted by Crippen LogP contribution is -2.18. The summed E-state index contributed by atoms with van der Waals surface area (Å²) in [5.74, 6) is 1.79. The molecule has 0 radical (unpaired) electrons. The van der Waals surface area contributed by atoms with E-state index in [1.807, 2.05) is 20.8 Å². The van der Waals surface area contributed by atoms with Gasteiger partial charge in [-0.1, -0.05) is 35.3 Å². The second kappa shape index (κ2) is 32.5. The van der Waals surface area contributed by atoms with Crippen LogP contribution in [0.4, 0.5) is 11.4 Å². The lowest BCUT2D eigenvalue weighted by molar-refractivity contribution is 0.0593. The SMILES string of the molecule is CCOc1cc(C(=O)Nc2cccc(Oc3ccnc(C(=O)NC)c3)c2)cc(OCC)c1OCC.CNC(=O)c1cc(Cl)ccn1.CNC(=O)c1cc(Oc2cccc(N)c2)ccn1.COC(=O)c1cc(Cl)ccn1.Cl. The summed E-state index contributed by atoms with van der Waals surface area (Å²) in [6, 6.07) is 29.8. The zero-order valence-corrected chi connectivity index (χ0v) is 44.7. The molecule has 0 fully saturated rings. The van der Waals surface area contributed by atoms with Crippen LogP contribution in [0, 0.1) is 0 Å². The highest BCUT2D eigenvalue weighted by molar-refractivity contribution is 6.31. The Balaban J connectivity index is 0.000000306. The molecule has 0 unspecified atom stereocenters. The quantitative estimate of drug-likeness (QED) is 0.0445. The van der Waals surface area contributed by atoms with E-state index in [2.05, 4.69) is 45.9 Å². The maximum Gasteiger partial charge on any atom is 0.356 e. The third-order valence-electron chi connectivity index (χ3n) is 9.27. The standard InChI is InChI=1S/C26H29N3O6.C13H13N3O2.C7H7ClN2O.C7H6ClNO2.ClH/c1-5-32-22-13-17(14-23(33-6-2)24(22)34-7-3)25(30)29-18-9-8-10-19(15-18)35-20-11-12-28-21(16-20)26(31)27-4;1-15-13(17)12-8-11(5-6-16-12)18-10-4-2-3-9(14)7-10;1-9-7(11)6-4-5(8)2-3-10-6;1-11-7(10)6-4-5(8)2-3-9-6;/h8-16H,5-7H2,1-4H3,(H,27,31)(H,29,30);2-8H,14H2,1H3,(H,15,17);2-4H,1H3,(H,9,11);2-4H,1H3;1H. The first-order valence-electron chi connectivity index (χ1n) is 22.7. The van der Waals surface area contributed by atoms with Crippen LogP contribution in [0.15, 0.2) is 134 Å². The number of carbonyl (C=O) groups excluding carboxylic acids is 5. The normalized spacial score (nSPS) is 9.75. The van der Waals surface area contributed by atoms with Crippen LogP contribution < -0.4 is 50.7 Å². The molecule has 0 saturated carbocycles. The fourth-order valence-corrected chi connectivity index (χ4v) is 6.26. The van der Waals surface area contributed by atoms with Gasteiger partial charge in [-0.3, -0.25) is 34.1 Å². The zero-order chi connectivity index (χ0) is 54.7. The molecular weight excluding hydrogens is 1040 g/mol. The topological polar surface area (TPSA) is 266 Å². The second-order valence-electron chi connectivity index (χ2n) is 14.6. The van der Waals surface area contributed by atoms with E-state index >= 15 is 0 Å².